The fraction of sp³-hybridized carbons (Fsp3) is 0.238. The number of hydrogen-bond acceptors (Lipinski definition) is 3. The number of fused-ring (bicyclic) bond motifs is 1. The van der Waals surface area contributed by atoms with E-state index in [1.807, 2.05) is 0 Å². The maximum atomic E-state index is 13.9. The number of alkyl halides is 6. The second kappa shape index (κ2) is 8.81. The lowest BCUT2D eigenvalue weighted by molar-refractivity contribution is -0.173. The maximum Gasteiger partial charge on any atom is 0.418 e. The Morgan fingerprint density at radius 2 is 1.74 bits per heavy atom. The number of carbonyl (C=O) groups is 1. The van der Waals surface area contributed by atoms with Crippen LogP contribution in [0.2, 0.25) is 5.02 Å². The maximum absolute atomic E-state index is 13.9. The van der Waals surface area contributed by atoms with Gasteiger partial charge >= 0.3 is 12.4 Å². The number of anilines is 2. The number of aromatic nitrogens is 2. The van der Waals surface area contributed by atoms with Gasteiger partial charge in [-0.05, 0) is 29.8 Å². The lowest BCUT2D eigenvalue weighted by Crippen LogP contribution is -2.35. The standard InChI is InChI=1S/C21H14BrClF6N4O/c22-11-7-5-10(6-8-11)14-9-15(21(27,28)29)33-18(30-14)16(23)17(32-33)19(34)31-13-4-2-1-3-12(13)20(24,25)26/h1-8,14-15,30H,9H2,(H,31,34)/t14-,15+/m0/s1. The van der Waals surface area contributed by atoms with E-state index in [2.05, 4.69) is 31.7 Å². The Balaban J connectivity index is 1.71. The SMILES string of the molecule is O=C(Nc1ccccc1C(F)(F)F)c1nn2c(c1Cl)N[C@H](c1ccc(Br)cc1)C[C@@H]2C(F)(F)F. The van der Waals surface area contributed by atoms with Crippen molar-refractivity contribution in [3.05, 3.63) is 74.8 Å². The molecule has 0 saturated carbocycles. The van der Waals surface area contributed by atoms with Crippen molar-refractivity contribution in [2.24, 2.45) is 0 Å². The number of halogens is 8. The van der Waals surface area contributed by atoms with Crippen LogP contribution in [0.1, 0.15) is 40.1 Å². The third-order valence-electron chi connectivity index (χ3n) is 5.26. The monoisotopic (exact) mass is 566 g/mol. The van der Waals surface area contributed by atoms with E-state index < -0.39 is 58.7 Å². The molecule has 0 radical (unpaired) electrons. The Morgan fingerprint density at radius 1 is 1.09 bits per heavy atom. The van der Waals surface area contributed by atoms with Crippen molar-refractivity contribution >= 4 is 44.9 Å². The van der Waals surface area contributed by atoms with Gasteiger partial charge in [-0.2, -0.15) is 31.4 Å². The second-order valence-electron chi connectivity index (χ2n) is 7.49. The van der Waals surface area contributed by atoms with E-state index >= 15 is 0 Å². The van der Waals surface area contributed by atoms with E-state index in [0.717, 1.165) is 22.7 Å². The molecule has 2 aromatic carbocycles. The summed E-state index contributed by atoms with van der Waals surface area (Å²) in [5.74, 6) is -1.43. The van der Waals surface area contributed by atoms with Crippen molar-refractivity contribution < 1.29 is 31.1 Å². The minimum absolute atomic E-state index is 0.252. The van der Waals surface area contributed by atoms with Crippen LogP contribution < -0.4 is 10.6 Å². The highest BCUT2D eigenvalue weighted by atomic mass is 79.9. The molecule has 3 aromatic rings. The average molecular weight is 568 g/mol. The lowest BCUT2D eigenvalue weighted by atomic mass is 9.97. The molecule has 2 N–H and O–H groups in total. The molecule has 0 spiro atoms. The molecule has 0 saturated heterocycles. The smallest absolute Gasteiger partial charge is 0.362 e. The number of rotatable bonds is 3. The van der Waals surface area contributed by atoms with Crippen LogP contribution in [0.25, 0.3) is 0 Å². The zero-order chi connectivity index (χ0) is 24.8. The van der Waals surface area contributed by atoms with E-state index in [4.69, 9.17) is 11.6 Å². The summed E-state index contributed by atoms with van der Waals surface area (Å²) >= 11 is 9.49. The summed E-state index contributed by atoms with van der Waals surface area (Å²) in [5, 5.41) is 8.22. The predicted octanol–water partition coefficient (Wildman–Crippen LogP) is 7.23. The summed E-state index contributed by atoms with van der Waals surface area (Å²) in [7, 11) is 0. The first kappa shape index (κ1) is 24.4. The highest BCUT2D eigenvalue weighted by molar-refractivity contribution is 9.10. The average Bonchev–Trinajstić information content (AvgIpc) is 3.09. The highest BCUT2D eigenvalue weighted by Crippen LogP contribution is 2.46. The Hall–Kier alpha value is -2.73. The number of benzene rings is 2. The van der Waals surface area contributed by atoms with Crippen molar-refractivity contribution in [2.45, 2.75) is 30.9 Å². The molecule has 0 unspecified atom stereocenters. The van der Waals surface area contributed by atoms with Gasteiger partial charge in [0.05, 0.1) is 17.3 Å². The normalized spacial score (nSPS) is 18.2. The molecule has 0 fully saturated rings. The first-order valence-corrected chi connectivity index (χ1v) is 10.9. The van der Waals surface area contributed by atoms with Crippen LogP contribution in [0.3, 0.4) is 0 Å². The summed E-state index contributed by atoms with van der Waals surface area (Å²) in [6, 6.07) is 7.89. The molecular weight excluding hydrogens is 554 g/mol. The Morgan fingerprint density at radius 3 is 2.35 bits per heavy atom. The van der Waals surface area contributed by atoms with Gasteiger partial charge in [0.2, 0.25) is 0 Å². The minimum Gasteiger partial charge on any atom is -0.362 e. The number of nitrogens with zero attached hydrogens (tertiary/aromatic N) is 2. The molecule has 2 heterocycles. The second-order valence-corrected chi connectivity index (χ2v) is 8.79. The number of carbonyl (C=O) groups excluding carboxylic acids is 1. The molecule has 2 atom stereocenters. The number of para-hydroxylation sites is 1. The molecule has 1 aliphatic rings. The molecule has 1 aliphatic heterocycles. The molecule has 13 heteroatoms. The van der Waals surface area contributed by atoms with Crippen LogP contribution in [0.15, 0.2) is 53.0 Å². The van der Waals surface area contributed by atoms with Crippen molar-refractivity contribution in [2.75, 3.05) is 10.6 Å². The molecule has 1 amide bonds. The third kappa shape index (κ3) is 4.74. The van der Waals surface area contributed by atoms with Crippen LogP contribution in [0.4, 0.5) is 37.8 Å². The first-order valence-electron chi connectivity index (χ1n) is 9.70. The summed E-state index contributed by atoms with van der Waals surface area (Å²) in [4.78, 5) is 12.7. The van der Waals surface area contributed by atoms with Crippen molar-refractivity contribution in [3.8, 4) is 0 Å². The molecule has 34 heavy (non-hydrogen) atoms. The van der Waals surface area contributed by atoms with Gasteiger partial charge in [0.1, 0.15) is 10.8 Å². The quantitative estimate of drug-likeness (QED) is 0.328. The highest BCUT2D eigenvalue weighted by Gasteiger charge is 2.48. The third-order valence-corrected chi connectivity index (χ3v) is 6.15. The van der Waals surface area contributed by atoms with Gasteiger partial charge in [-0.3, -0.25) is 4.79 Å². The number of nitrogens with one attached hydrogen (secondary N) is 2. The van der Waals surface area contributed by atoms with E-state index in [1.54, 1.807) is 24.3 Å². The van der Waals surface area contributed by atoms with Crippen LogP contribution in [0, 0.1) is 0 Å². The van der Waals surface area contributed by atoms with Crippen LogP contribution in [0.5, 0.6) is 0 Å². The van der Waals surface area contributed by atoms with Crippen molar-refractivity contribution in [1.82, 2.24) is 9.78 Å². The Kier molecular flexibility index (Phi) is 6.32. The van der Waals surface area contributed by atoms with Gasteiger partial charge in [-0.25, -0.2) is 4.68 Å². The number of amides is 1. The predicted molar refractivity (Wildman–Crippen MR) is 117 cm³/mol. The van der Waals surface area contributed by atoms with Gasteiger partial charge < -0.3 is 10.6 Å². The van der Waals surface area contributed by atoms with Crippen LogP contribution in [-0.2, 0) is 6.18 Å². The Labute approximate surface area is 202 Å². The minimum atomic E-state index is -4.76. The topological polar surface area (TPSA) is 59.0 Å². The van der Waals surface area contributed by atoms with E-state index in [-0.39, 0.29) is 5.82 Å². The lowest BCUT2D eigenvalue weighted by Gasteiger charge is -2.33. The summed E-state index contributed by atoms with van der Waals surface area (Å²) in [6.07, 6.45) is -9.92. The largest absolute Gasteiger partial charge is 0.418 e. The summed E-state index contributed by atoms with van der Waals surface area (Å²) in [6.45, 7) is 0. The molecule has 180 valence electrons. The van der Waals surface area contributed by atoms with Gasteiger partial charge in [-0.15, -0.1) is 0 Å². The van der Waals surface area contributed by atoms with E-state index in [0.29, 0.717) is 10.2 Å². The van der Waals surface area contributed by atoms with Crippen molar-refractivity contribution in [1.29, 1.82) is 0 Å². The van der Waals surface area contributed by atoms with Gasteiger partial charge in [0.25, 0.3) is 5.91 Å². The molecule has 0 aliphatic carbocycles. The van der Waals surface area contributed by atoms with Crippen LogP contribution in [-0.4, -0.2) is 21.9 Å². The first-order chi connectivity index (χ1) is 15.9. The van der Waals surface area contributed by atoms with Crippen molar-refractivity contribution in [3.63, 3.8) is 0 Å². The van der Waals surface area contributed by atoms with Gasteiger partial charge in [-0.1, -0.05) is 51.8 Å². The molecule has 1 aromatic heterocycles. The molecule has 5 nitrogen and oxygen atoms in total. The summed E-state index contributed by atoms with van der Waals surface area (Å²) in [5.41, 5.74) is -1.78. The zero-order valence-corrected chi connectivity index (χ0v) is 19.1. The Bertz CT molecular complexity index is 1230. The van der Waals surface area contributed by atoms with Crippen LogP contribution >= 0.6 is 27.5 Å². The molecular formula is C21H14BrClF6N4O. The molecule has 0 bridgehead atoms. The van der Waals surface area contributed by atoms with Gasteiger partial charge in [0.15, 0.2) is 11.7 Å². The van der Waals surface area contributed by atoms with E-state index in [9.17, 15) is 31.1 Å². The fourth-order valence-corrected chi connectivity index (χ4v) is 4.20. The fourth-order valence-electron chi connectivity index (χ4n) is 3.67. The zero-order valence-electron chi connectivity index (χ0n) is 16.8. The molecule has 4 rings (SSSR count). The summed E-state index contributed by atoms with van der Waals surface area (Å²) < 4.78 is 82.7. The number of hydrogen-bond donors (Lipinski definition) is 2. The van der Waals surface area contributed by atoms with E-state index in [1.165, 1.54) is 6.07 Å². The van der Waals surface area contributed by atoms with Gasteiger partial charge in [0, 0.05) is 10.9 Å².